The number of fused-ring (bicyclic) bond motifs is 3. The lowest BCUT2D eigenvalue weighted by atomic mass is 9.68. The fourth-order valence-corrected chi connectivity index (χ4v) is 6.51. The third kappa shape index (κ3) is 5.01. The summed E-state index contributed by atoms with van der Waals surface area (Å²) in [6.07, 6.45) is 6.63. The lowest BCUT2D eigenvalue weighted by molar-refractivity contribution is -0.384. The van der Waals surface area contributed by atoms with Gasteiger partial charge in [0.25, 0.3) is 5.69 Å². The SMILES string of the molecule is CCCC1=C2[C@@H](CC/C(=C/c3ccccc3O)CC)OC[C@@H]2[C@@H]2C(=O)N(c3cccc([N+](=O)[O-])c3)C(=O)[C@@H]2C1. The van der Waals surface area contributed by atoms with Crippen LogP contribution in [0.1, 0.15) is 57.9 Å². The molecule has 39 heavy (non-hydrogen) atoms. The molecule has 2 fully saturated rings. The van der Waals surface area contributed by atoms with Crippen molar-refractivity contribution < 1.29 is 24.4 Å². The summed E-state index contributed by atoms with van der Waals surface area (Å²) >= 11 is 0. The number of rotatable bonds is 9. The Balaban J connectivity index is 1.40. The molecule has 0 saturated carbocycles. The molecule has 204 valence electrons. The van der Waals surface area contributed by atoms with Crippen molar-refractivity contribution in [1.82, 2.24) is 0 Å². The number of non-ortho nitro benzene ring substituents is 1. The van der Waals surface area contributed by atoms with Crippen molar-refractivity contribution in [2.24, 2.45) is 17.8 Å². The van der Waals surface area contributed by atoms with Gasteiger partial charge in [0.05, 0.1) is 35.2 Å². The predicted octanol–water partition coefficient (Wildman–Crippen LogP) is 6.20. The molecule has 0 spiro atoms. The molecule has 2 aromatic carbocycles. The van der Waals surface area contributed by atoms with E-state index in [-0.39, 0.29) is 41.0 Å². The van der Waals surface area contributed by atoms with E-state index in [2.05, 4.69) is 13.8 Å². The van der Waals surface area contributed by atoms with Gasteiger partial charge in [-0.05, 0) is 49.8 Å². The second-order valence-corrected chi connectivity index (χ2v) is 10.6. The zero-order valence-corrected chi connectivity index (χ0v) is 22.3. The smallest absolute Gasteiger partial charge is 0.271 e. The Kier molecular flexibility index (Phi) is 7.66. The van der Waals surface area contributed by atoms with Crippen LogP contribution in [0.4, 0.5) is 11.4 Å². The fourth-order valence-electron chi connectivity index (χ4n) is 6.51. The Bertz CT molecular complexity index is 1360. The number of carbonyl (C=O) groups is 2. The number of anilines is 1. The van der Waals surface area contributed by atoms with Crippen LogP contribution in [0.2, 0.25) is 0 Å². The molecule has 0 unspecified atom stereocenters. The lowest BCUT2D eigenvalue weighted by Gasteiger charge is -2.32. The molecule has 2 amide bonds. The van der Waals surface area contributed by atoms with Crippen LogP contribution < -0.4 is 4.90 Å². The lowest BCUT2D eigenvalue weighted by Crippen LogP contribution is -2.34. The summed E-state index contributed by atoms with van der Waals surface area (Å²) in [5.74, 6) is -1.46. The second-order valence-electron chi connectivity index (χ2n) is 10.6. The number of carbonyl (C=O) groups excluding carboxylic acids is 2. The third-order valence-electron chi connectivity index (χ3n) is 8.34. The molecule has 0 bridgehead atoms. The molecule has 0 radical (unpaired) electrons. The van der Waals surface area contributed by atoms with Gasteiger partial charge in [-0.15, -0.1) is 0 Å². The van der Waals surface area contributed by atoms with Gasteiger partial charge in [0, 0.05) is 23.6 Å². The maximum absolute atomic E-state index is 13.7. The van der Waals surface area contributed by atoms with Crippen molar-refractivity contribution in [3.8, 4) is 5.75 Å². The largest absolute Gasteiger partial charge is 0.507 e. The molecule has 4 atom stereocenters. The number of imide groups is 1. The number of para-hydroxylation sites is 1. The van der Waals surface area contributed by atoms with Gasteiger partial charge in [0.1, 0.15) is 5.75 Å². The first kappa shape index (κ1) is 26.8. The highest BCUT2D eigenvalue weighted by Gasteiger charge is 2.57. The van der Waals surface area contributed by atoms with Crippen LogP contribution in [0.5, 0.6) is 5.75 Å². The molecular formula is C31H34N2O6. The number of ether oxygens (including phenoxy) is 1. The van der Waals surface area contributed by atoms with E-state index < -0.39 is 16.8 Å². The number of aromatic hydroxyl groups is 1. The quantitative estimate of drug-likeness (QED) is 0.179. The fraction of sp³-hybridized carbons (Fsp3) is 0.419. The molecular weight excluding hydrogens is 496 g/mol. The number of nitro benzene ring substituents is 1. The molecule has 3 aliphatic rings. The monoisotopic (exact) mass is 530 g/mol. The van der Waals surface area contributed by atoms with Crippen molar-refractivity contribution in [2.45, 2.75) is 58.5 Å². The zero-order valence-electron chi connectivity index (χ0n) is 22.3. The molecule has 5 rings (SSSR count). The summed E-state index contributed by atoms with van der Waals surface area (Å²) in [4.78, 5) is 39.2. The highest BCUT2D eigenvalue weighted by Crippen LogP contribution is 2.51. The van der Waals surface area contributed by atoms with Gasteiger partial charge in [0.15, 0.2) is 0 Å². The van der Waals surface area contributed by atoms with Crippen molar-refractivity contribution in [2.75, 3.05) is 11.5 Å². The predicted molar refractivity (Wildman–Crippen MR) is 148 cm³/mol. The number of phenols is 1. The maximum Gasteiger partial charge on any atom is 0.271 e. The standard InChI is InChI=1S/C31H34N2O6/c1-3-8-21-16-24-29(31(36)32(30(24)35)22-10-7-11-23(17-22)33(37)38)25-18-39-27(28(21)25)14-13-19(4-2)15-20-9-5-6-12-26(20)34/h5-7,9-12,15,17,24-25,27,29,34H,3-4,8,13-14,16,18H2,1-2H3/b19-15+/t24-,25+,27-,29-/m1/s1. The number of phenolic OH excluding ortho intramolecular Hbond substituents is 1. The van der Waals surface area contributed by atoms with Gasteiger partial charge in [-0.1, -0.05) is 61.8 Å². The summed E-state index contributed by atoms with van der Waals surface area (Å²) in [6.45, 7) is 4.60. The van der Waals surface area contributed by atoms with E-state index in [0.29, 0.717) is 13.0 Å². The Labute approximate surface area is 228 Å². The van der Waals surface area contributed by atoms with Gasteiger partial charge in [0.2, 0.25) is 11.8 Å². The van der Waals surface area contributed by atoms with Crippen molar-refractivity contribution in [3.63, 3.8) is 0 Å². The van der Waals surface area contributed by atoms with E-state index in [4.69, 9.17) is 4.74 Å². The Morgan fingerprint density at radius 2 is 1.92 bits per heavy atom. The van der Waals surface area contributed by atoms with Crippen molar-refractivity contribution >= 4 is 29.3 Å². The molecule has 1 aliphatic carbocycles. The average Bonchev–Trinajstić information content (AvgIpc) is 3.46. The van der Waals surface area contributed by atoms with Crippen LogP contribution >= 0.6 is 0 Å². The average molecular weight is 531 g/mol. The number of benzene rings is 2. The van der Waals surface area contributed by atoms with Crippen LogP contribution in [-0.2, 0) is 14.3 Å². The molecule has 2 aromatic rings. The van der Waals surface area contributed by atoms with E-state index >= 15 is 0 Å². The van der Waals surface area contributed by atoms with Gasteiger partial charge in [-0.2, -0.15) is 0 Å². The van der Waals surface area contributed by atoms with Crippen LogP contribution in [0.15, 0.2) is 65.3 Å². The first-order valence-corrected chi connectivity index (χ1v) is 13.8. The summed E-state index contributed by atoms with van der Waals surface area (Å²) in [5, 5.41) is 21.5. The highest BCUT2D eigenvalue weighted by molar-refractivity contribution is 6.22. The molecule has 2 aliphatic heterocycles. The number of hydrogen-bond donors (Lipinski definition) is 1. The number of allylic oxidation sites excluding steroid dienone is 2. The molecule has 8 heteroatoms. The zero-order chi connectivity index (χ0) is 27.7. The molecule has 2 heterocycles. The normalized spacial score (nSPS) is 24.8. The van der Waals surface area contributed by atoms with Crippen molar-refractivity contribution in [1.29, 1.82) is 0 Å². The number of hydrogen-bond acceptors (Lipinski definition) is 6. The van der Waals surface area contributed by atoms with Crippen LogP contribution in [0.25, 0.3) is 6.08 Å². The first-order valence-electron chi connectivity index (χ1n) is 13.8. The third-order valence-corrected chi connectivity index (χ3v) is 8.34. The van der Waals surface area contributed by atoms with Gasteiger partial charge in [-0.3, -0.25) is 19.7 Å². The molecule has 2 saturated heterocycles. The minimum atomic E-state index is -0.520. The number of nitrogens with zero attached hydrogens (tertiary/aromatic N) is 2. The molecule has 1 N–H and O–H groups in total. The second kappa shape index (κ2) is 11.1. The molecule has 8 nitrogen and oxygen atoms in total. The van der Waals surface area contributed by atoms with E-state index in [9.17, 15) is 24.8 Å². The summed E-state index contributed by atoms with van der Waals surface area (Å²) in [6, 6.07) is 13.0. The Morgan fingerprint density at radius 1 is 1.13 bits per heavy atom. The van der Waals surface area contributed by atoms with Gasteiger partial charge in [-0.25, -0.2) is 4.90 Å². The minimum Gasteiger partial charge on any atom is -0.507 e. The van der Waals surface area contributed by atoms with Crippen LogP contribution in [-0.4, -0.2) is 34.6 Å². The topological polar surface area (TPSA) is 110 Å². The highest BCUT2D eigenvalue weighted by atomic mass is 16.6. The van der Waals surface area contributed by atoms with Gasteiger partial charge >= 0.3 is 0 Å². The Morgan fingerprint density at radius 3 is 2.64 bits per heavy atom. The minimum absolute atomic E-state index is 0.119. The summed E-state index contributed by atoms with van der Waals surface area (Å²) in [7, 11) is 0. The van der Waals surface area contributed by atoms with Gasteiger partial charge < -0.3 is 9.84 Å². The van der Waals surface area contributed by atoms with Crippen LogP contribution in [0.3, 0.4) is 0 Å². The van der Waals surface area contributed by atoms with E-state index in [1.807, 2.05) is 18.2 Å². The van der Waals surface area contributed by atoms with E-state index in [1.165, 1.54) is 34.9 Å². The first-order chi connectivity index (χ1) is 18.8. The van der Waals surface area contributed by atoms with Crippen LogP contribution in [0, 0.1) is 27.9 Å². The molecule has 0 aromatic heterocycles. The Hall–Kier alpha value is -3.78. The maximum atomic E-state index is 13.7. The summed E-state index contributed by atoms with van der Waals surface area (Å²) < 4.78 is 6.32. The van der Waals surface area contributed by atoms with Crippen molar-refractivity contribution in [3.05, 3.63) is 80.9 Å². The number of amides is 2. The van der Waals surface area contributed by atoms with E-state index in [1.54, 1.807) is 18.2 Å². The summed E-state index contributed by atoms with van der Waals surface area (Å²) in [5.41, 5.74) is 4.50. The number of nitro groups is 1. The van der Waals surface area contributed by atoms with E-state index in [0.717, 1.165) is 42.6 Å².